The van der Waals surface area contributed by atoms with E-state index >= 15 is 0 Å². The Morgan fingerprint density at radius 1 is 0.917 bits per heavy atom. The molecule has 0 saturated carbocycles. The molecule has 2 aromatic rings. The van der Waals surface area contributed by atoms with Gasteiger partial charge in [-0.15, -0.1) is 0 Å². The van der Waals surface area contributed by atoms with Gasteiger partial charge in [-0.3, -0.25) is 4.99 Å². The van der Waals surface area contributed by atoms with Gasteiger partial charge in [0.05, 0.1) is 0 Å². The molecule has 0 atom stereocenters. The minimum Gasteiger partial charge on any atom is -0.488 e. The number of rotatable bonds is 5. The number of nitrogens with zero attached hydrogens (tertiary/aromatic N) is 1. The molecule has 24 heavy (non-hydrogen) atoms. The zero-order valence-electron chi connectivity index (χ0n) is 15.0. The van der Waals surface area contributed by atoms with Crippen LogP contribution >= 0.6 is 0 Å². The van der Waals surface area contributed by atoms with E-state index in [0.717, 1.165) is 23.8 Å². The van der Waals surface area contributed by atoms with Gasteiger partial charge in [0.2, 0.25) is 0 Å². The first kappa shape index (κ1) is 17.9. The Balaban J connectivity index is 1.94. The maximum Gasteiger partial charge on any atom is 0.191 e. The molecule has 4 heteroatoms. The van der Waals surface area contributed by atoms with E-state index in [1.165, 1.54) is 5.56 Å². The molecule has 0 aliphatic carbocycles. The van der Waals surface area contributed by atoms with Crippen molar-refractivity contribution in [2.24, 2.45) is 4.99 Å². The smallest absolute Gasteiger partial charge is 0.191 e. The third-order valence-corrected chi connectivity index (χ3v) is 3.36. The summed E-state index contributed by atoms with van der Waals surface area (Å²) in [5, 5.41) is 6.66. The SMILES string of the molecule is CN=C(NCc1ccccc1)NCc1ccccc1OC(C)(C)C. The van der Waals surface area contributed by atoms with Crippen molar-refractivity contribution in [3.8, 4) is 5.75 Å². The average molecular weight is 325 g/mol. The largest absolute Gasteiger partial charge is 0.488 e. The van der Waals surface area contributed by atoms with E-state index in [1.807, 2.05) is 36.4 Å². The third-order valence-electron chi connectivity index (χ3n) is 3.36. The van der Waals surface area contributed by atoms with Crippen LogP contribution in [0.15, 0.2) is 59.6 Å². The zero-order valence-corrected chi connectivity index (χ0v) is 15.0. The van der Waals surface area contributed by atoms with Crippen molar-refractivity contribution in [3.05, 3.63) is 65.7 Å². The lowest BCUT2D eigenvalue weighted by Gasteiger charge is -2.23. The highest BCUT2D eigenvalue weighted by Gasteiger charge is 2.14. The molecule has 0 spiro atoms. The molecular weight excluding hydrogens is 298 g/mol. The number of hydrogen-bond acceptors (Lipinski definition) is 2. The first-order chi connectivity index (χ1) is 11.5. The summed E-state index contributed by atoms with van der Waals surface area (Å²) in [6.45, 7) is 7.55. The van der Waals surface area contributed by atoms with Crippen LogP contribution < -0.4 is 15.4 Å². The van der Waals surface area contributed by atoms with Gasteiger partial charge >= 0.3 is 0 Å². The van der Waals surface area contributed by atoms with Gasteiger partial charge in [-0.1, -0.05) is 48.5 Å². The van der Waals surface area contributed by atoms with Crippen LogP contribution in [0.25, 0.3) is 0 Å². The molecule has 2 aromatic carbocycles. The standard InChI is InChI=1S/C20H27N3O/c1-20(2,3)24-18-13-9-8-12-17(18)15-23-19(21-4)22-14-16-10-6-5-7-11-16/h5-13H,14-15H2,1-4H3,(H2,21,22,23). The Labute approximate surface area is 145 Å². The second-order valence-corrected chi connectivity index (χ2v) is 6.59. The highest BCUT2D eigenvalue weighted by molar-refractivity contribution is 5.79. The minimum atomic E-state index is -0.219. The second-order valence-electron chi connectivity index (χ2n) is 6.59. The van der Waals surface area contributed by atoms with Crippen LogP contribution in [0.3, 0.4) is 0 Å². The van der Waals surface area contributed by atoms with E-state index in [-0.39, 0.29) is 5.60 Å². The predicted molar refractivity (Wildman–Crippen MR) is 100 cm³/mol. The molecule has 0 aliphatic heterocycles. The van der Waals surface area contributed by atoms with E-state index in [9.17, 15) is 0 Å². The molecular formula is C20H27N3O. The van der Waals surface area contributed by atoms with Gasteiger partial charge in [-0.05, 0) is 32.4 Å². The third kappa shape index (κ3) is 5.95. The Morgan fingerprint density at radius 3 is 2.21 bits per heavy atom. The van der Waals surface area contributed by atoms with Crippen LogP contribution in [-0.4, -0.2) is 18.6 Å². The molecule has 0 heterocycles. The Kier molecular flexibility index (Phi) is 6.24. The van der Waals surface area contributed by atoms with Crippen molar-refractivity contribution in [3.63, 3.8) is 0 Å². The fraction of sp³-hybridized carbons (Fsp3) is 0.350. The molecule has 0 saturated heterocycles. The van der Waals surface area contributed by atoms with Crippen LogP contribution in [0.2, 0.25) is 0 Å². The number of hydrogen-bond donors (Lipinski definition) is 2. The lowest BCUT2D eigenvalue weighted by molar-refractivity contribution is 0.129. The Morgan fingerprint density at radius 2 is 1.54 bits per heavy atom. The average Bonchev–Trinajstić information content (AvgIpc) is 2.56. The molecule has 2 rings (SSSR count). The maximum atomic E-state index is 6.03. The number of aliphatic imine (C=N–C) groups is 1. The van der Waals surface area contributed by atoms with Gasteiger partial charge < -0.3 is 15.4 Å². The van der Waals surface area contributed by atoms with Crippen LogP contribution in [0.5, 0.6) is 5.75 Å². The molecule has 0 fully saturated rings. The number of benzene rings is 2. The van der Waals surface area contributed by atoms with E-state index in [4.69, 9.17) is 4.74 Å². The van der Waals surface area contributed by atoms with Gasteiger partial charge in [0, 0.05) is 25.7 Å². The highest BCUT2D eigenvalue weighted by atomic mass is 16.5. The van der Waals surface area contributed by atoms with E-state index < -0.39 is 0 Å². The molecule has 0 amide bonds. The second kappa shape index (κ2) is 8.39. The van der Waals surface area contributed by atoms with Crippen molar-refractivity contribution < 1.29 is 4.74 Å². The normalized spacial score (nSPS) is 11.9. The summed E-state index contributed by atoms with van der Waals surface area (Å²) < 4.78 is 6.03. The summed E-state index contributed by atoms with van der Waals surface area (Å²) in [5.74, 6) is 1.67. The van der Waals surface area contributed by atoms with Crippen molar-refractivity contribution >= 4 is 5.96 Å². The molecule has 0 radical (unpaired) electrons. The minimum absolute atomic E-state index is 0.219. The first-order valence-electron chi connectivity index (χ1n) is 8.23. The molecule has 0 bridgehead atoms. The topological polar surface area (TPSA) is 45.7 Å². The summed E-state index contributed by atoms with van der Waals surface area (Å²) in [6.07, 6.45) is 0. The highest BCUT2D eigenvalue weighted by Crippen LogP contribution is 2.22. The summed E-state index contributed by atoms with van der Waals surface area (Å²) in [5.41, 5.74) is 2.11. The zero-order chi connectivity index (χ0) is 17.4. The lowest BCUT2D eigenvalue weighted by atomic mass is 10.1. The van der Waals surface area contributed by atoms with E-state index in [2.05, 4.69) is 54.6 Å². The predicted octanol–water partition coefficient (Wildman–Crippen LogP) is 3.73. The van der Waals surface area contributed by atoms with Crippen LogP contribution in [0, 0.1) is 0 Å². The summed E-state index contributed by atoms with van der Waals surface area (Å²) in [4.78, 5) is 4.28. The van der Waals surface area contributed by atoms with Crippen molar-refractivity contribution in [1.82, 2.24) is 10.6 Å². The van der Waals surface area contributed by atoms with Crippen LogP contribution in [-0.2, 0) is 13.1 Å². The lowest BCUT2D eigenvalue weighted by Crippen LogP contribution is -2.36. The fourth-order valence-electron chi connectivity index (χ4n) is 2.26. The first-order valence-corrected chi connectivity index (χ1v) is 8.23. The summed E-state index contributed by atoms with van der Waals surface area (Å²) >= 11 is 0. The molecule has 0 aliphatic rings. The quantitative estimate of drug-likeness (QED) is 0.650. The van der Waals surface area contributed by atoms with Crippen molar-refractivity contribution in [2.45, 2.75) is 39.5 Å². The van der Waals surface area contributed by atoms with Crippen molar-refractivity contribution in [1.29, 1.82) is 0 Å². The molecule has 4 nitrogen and oxygen atoms in total. The number of ether oxygens (including phenoxy) is 1. The monoisotopic (exact) mass is 325 g/mol. The summed E-state index contributed by atoms with van der Waals surface area (Å²) in [7, 11) is 1.78. The molecule has 0 aromatic heterocycles. The Hall–Kier alpha value is -2.49. The van der Waals surface area contributed by atoms with E-state index in [0.29, 0.717) is 6.54 Å². The van der Waals surface area contributed by atoms with Crippen molar-refractivity contribution in [2.75, 3.05) is 7.05 Å². The van der Waals surface area contributed by atoms with Crippen LogP contribution in [0.4, 0.5) is 0 Å². The molecule has 2 N–H and O–H groups in total. The van der Waals surface area contributed by atoms with Crippen LogP contribution in [0.1, 0.15) is 31.9 Å². The molecule has 128 valence electrons. The van der Waals surface area contributed by atoms with Gasteiger partial charge in [-0.25, -0.2) is 0 Å². The summed E-state index contributed by atoms with van der Waals surface area (Å²) in [6, 6.07) is 18.4. The molecule has 0 unspecified atom stereocenters. The number of guanidine groups is 1. The maximum absolute atomic E-state index is 6.03. The van der Waals surface area contributed by atoms with Gasteiger partial charge in [0.1, 0.15) is 11.4 Å². The number of nitrogens with one attached hydrogen (secondary N) is 2. The van der Waals surface area contributed by atoms with Gasteiger partial charge in [0.15, 0.2) is 5.96 Å². The van der Waals surface area contributed by atoms with Gasteiger partial charge in [-0.2, -0.15) is 0 Å². The number of para-hydroxylation sites is 1. The van der Waals surface area contributed by atoms with Gasteiger partial charge in [0.25, 0.3) is 0 Å². The fourth-order valence-corrected chi connectivity index (χ4v) is 2.26. The van der Waals surface area contributed by atoms with E-state index in [1.54, 1.807) is 7.05 Å². The Bertz CT molecular complexity index is 660.